The molecule has 5 heteroatoms. The average Bonchev–Trinajstić information content (AvgIpc) is 3.01. The van der Waals surface area contributed by atoms with Gasteiger partial charge in [-0.2, -0.15) is 0 Å². The predicted octanol–water partition coefficient (Wildman–Crippen LogP) is 6.07. The maximum absolute atomic E-state index is 5.91. The molecule has 0 aliphatic heterocycles. The van der Waals surface area contributed by atoms with Gasteiger partial charge in [0, 0.05) is 16.8 Å². The van der Waals surface area contributed by atoms with Gasteiger partial charge in [0.15, 0.2) is 5.82 Å². The van der Waals surface area contributed by atoms with Crippen LogP contribution in [-0.4, -0.2) is 9.38 Å². The number of aromatic nitrogens is 2. The lowest BCUT2D eigenvalue weighted by atomic mass is 10.1. The van der Waals surface area contributed by atoms with E-state index in [0.717, 1.165) is 22.6 Å². The van der Waals surface area contributed by atoms with Crippen molar-refractivity contribution in [2.24, 2.45) is 10.2 Å². The number of fused-ring (bicyclic) bond motifs is 1. The molecule has 0 saturated carbocycles. The number of benzene rings is 2. The zero-order chi connectivity index (χ0) is 16.4. The summed E-state index contributed by atoms with van der Waals surface area (Å²) >= 11 is 5.91. The van der Waals surface area contributed by atoms with Crippen LogP contribution in [0.5, 0.6) is 0 Å². The van der Waals surface area contributed by atoms with E-state index < -0.39 is 0 Å². The van der Waals surface area contributed by atoms with Crippen LogP contribution in [0.4, 0.5) is 11.5 Å². The summed E-state index contributed by atoms with van der Waals surface area (Å²) in [6, 6.07) is 23.1. The quantitative estimate of drug-likeness (QED) is 0.420. The first-order chi connectivity index (χ1) is 11.8. The van der Waals surface area contributed by atoms with Gasteiger partial charge >= 0.3 is 0 Å². The highest BCUT2D eigenvalue weighted by atomic mass is 35.5. The number of nitrogens with zero attached hydrogens (tertiary/aromatic N) is 4. The number of hydrogen-bond acceptors (Lipinski definition) is 3. The van der Waals surface area contributed by atoms with E-state index in [2.05, 4.69) is 10.2 Å². The molecule has 0 aliphatic carbocycles. The van der Waals surface area contributed by atoms with E-state index in [1.807, 2.05) is 71.3 Å². The Morgan fingerprint density at radius 2 is 1.54 bits per heavy atom. The monoisotopic (exact) mass is 332 g/mol. The van der Waals surface area contributed by atoms with Crippen LogP contribution < -0.4 is 0 Å². The first kappa shape index (κ1) is 14.6. The minimum absolute atomic E-state index is 0.675. The molecule has 4 rings (SSSR count). The summed E-state index contributed by atoms with van der Waals surface area (Å²) in [6.07, 6.45) is 1.94. The Kier molecular flexibility index (Phi) is 3.81. The molecule has 0 atom stereocenters. The Bertz CT molecular complexity index is 1000. The number of azo groups is 1. The van der Waals surface area contributed by atoms with Gasteiger partial charge in [-0.3, -0.25) is 4.40 Å². The van der Waals surface area contributed by atoms with Crippen molar-refractivity contribution >= 4 is 28.8 Å². The molecule has 2 aromatic carbocycles. The molecule has 0 N–H and O–H groups in total. The summed E-state index contributed by atoms with van der Waals surface area (Å²) in [7, 11) is 0. The molecule has 0 amide bonds. The van der Waals surface area contributed by atoms with Gasteiger partial charge in [-0.05, 0) is 36.4 Å². The van der Waals surface area contributed by atoms with Gasteiger partial charge in [0.05, 0.1) is 5.69 Å². The molecule has 24 heavy (non-hydrogen) atoms. The van der Waals surface area contributed by atoms with Gasteiger partial charge in [0.2, 0.25) is 0 Å². The summed E-state index contributed by atoms with van der Waals surface area (Å²) in [5.74, 6) is 0.701. The van der Waals surface area contributed by atoms with E-state index in [-0.39, 0.29) is 0 Å². The largest absolute Gasteiger partial charge is 0.283 e. The first-order valence-electron chi connectivity index (χ1n) is 7.51. The van der Waals surface area contributed by atoms with Crippen LogP contribution in [0.15, 0.2) is 89.2 Å². The summed E-state index contributed by atoms with van der Waals surface area (Å²) < 4.78 is 1.93. The lowest BCUT2D eigenvalue weighted by molar-refractivity contribution is 1.11. The number of imidazole rings is 1. The van der Waals surface area contributed by atoms with Crippen LogP contribution in [0.1, 0.15) is 0 Å². The maximum atomic E-state index is 5.91. The molecule has 116 valence electrons. The Morgan fingerprint density at radius 1 is 0.792 bits per heavy atom. The van der Waals surface area contributed by atoms with Crippen molar-refractivity contribution in [3.63, 3.8) is 0 Å². The second-order valence-corrected chi connectivity index (χ2v) is 5.69. The Balaban J connectivity index is 1.85. The van der Waals surface area contributed by atoms with Gasteiger partial charge in [-0.1, -0.05) is 48.0 Å². The average molecular weight is 333 g/mol. The molecule has 0 bridgehead atoms. The molecule has 0 spiro atoms. The molecule has 2 aromatic heterocycles. The molecule has 2 heterocycles. The molecule has 4 aromatic rings. The molecule has 0 aliphatic rings. The molecule has 0 unspecified atom stereocenters. The van der Waals surface area contributed by atoms with Crippen LogP contribution in [0, 0.1) is 0 Å². The van der Waals surface area contributed by atoms with Gasteiger partial charge in [0.1, 0.15) is 11.3 Å². The minimum atomic E-state index is 0.675. The lowest BCUT2D eigenvalue weighted by Gasteiger charge is -1.99. The molecular weight excluding hydrogens is 320 g/mol. The highest BCUT2D eigenvalue weighted by molar-refractivity contribution is 6.30. The molecule has 0 fully saturated rings. The highest BCUT2D eigenvalue weighted by Crippen LogP contribution is 2.32. The van der Waals surface area contributed by atoms with Gasteiger partial charge < -0.3 is 0 Å². The van der Waals surface area contributed by atoms with Crippen molar-refractivity contribution in [1.29, 1.82) is 0 Å². The number of halogens is 1. The van der Waals surface area contributed by atoms with Gasteiger partial charge in [0.25, 0.3) is 0 Å². The van der Waals surface area contributed by atoms with Gasteiger partial charge in [-0.25, -0.2) is 4.98 Å². The Labute approximate surface area is 144 Å². The SMILES string of the molecule is Clc1ccc(N=Nc2c(-c3ccccc3)nc3ccccn23)cc1. The number of pyridine rings is 1. The summed E-state index contributed by atoms with van der Waals surface area (Å²) in [6.45, 7) is 0. The predicted molar refractivity (Wildman–Crippen MR) is 96.3 cm³/mol. The second kappa shape index (κ2) is 6.26. The zero-order valence-electron chi connectivity index (χ0n) is 12.7. The van der Waals surface area contributed by atoms with Crippen molar-refractivity contribution in [2.45, 2.75) is 0 Å². The standard InChI is InChI=1S/C19H13ClN4/c20-15-9-11-16(12-10-15)22-23-19-18(14-6-2-1-3-7-14)21-17-8-4-5-13-24(17)19/h1-13H. The van der Waals surface area contributed by atoms with E-state index in [1.54, 1.807) is 12.1 Å². The van der Waals surface area contributed by atoms with Gasteiger partial charge in [-0.15, -0.1) is 10.2 Å². The third kappa shape index (κ3) is 2.79. The topological polar surface area (TPSA) is 42.0 Å². The third-order valence-corrected chi connectivity index (χ3v) is 3.89. The molecule has 0 saturated heterocycles. The van der Waals surface area contributed by atoms with E-state index in [4.69, 9.17) is 16.6 Å². The Morgan fingerprint density at radius 3 is 2.33 bits per heavy atom. The fourth-order valence-corrected chi connectivity index (χ4v) is 2.61. The highest BCUT2D eigenvalue weighted by Gasteiger charge is 2.13. The van der Waals surface area contributed by atoms with E-state index >= 15 is 0 Å². The smallest absolute Gasteiger partial charge is 0.187 e. The molecule has 4 nitrogen and oxygen atoms in total. The normalized spacial score (nSPS) is 11.4. The van der Waals surface area contributed by atoms with Crippen LogP contribution in [0.3, 0.4) is 0 Å². The van der Waals surface area contributed by atoms with E-state index in [0.29, 0.717) is 10.8 Å². The van der Waals surface area contributed by atoms with Crippen molar-refractivity contribution < 1.29 is 0 Å². The maximum Gasteiger partial charge on any atom is 0.187 e. The number of hydrogen-bond donors (Lipinski definition) is 0. The number of rotatable bonds is 3. The first-order valence-corrected chi connectivity index (χ1v) is 7.89. The van der Waals surface area contributed by atoms with Crippen LogP contribution in [0.2, 0.25) is 5.02 Å². The molecular formula is C19H13ClN4. The van der Waals surface area contributed by atoms with E-state index in [1.165, 1.54) is 0 Å². The Hall–Kier alpha value is -2.98. The summed E-state index contributed by atoms with van der Waals surface area (Å²) in [4.78, 5) is 4.70. The fraction of sp³-hybridized carbons (Fsp3) is 0. The summed E-state index contributed by atoms with van der Waals surface area (Å²) in [5.41, 5.74) is 3.39. The van der Waals surface area contributed by atoms with Crippen LogP contribution >= 0.6 is 11.6 Å². The third-order valence-electron chi connectivity index (χ3n) is 3.64. The van der Waals surface area contributed by atoms with E-state index in [9.17, 15) is 0 Å². The van der Waals surface area contributed by atoms with Crippen molar-refractivity contribution in [2.75, 3.05) is 0 Å². The van der Waals surface area contributed by atoms with Crippen molar-refractivity contribution in [1.82, 2.24) is 9.38 Å². The zero-order valence-corrected chi connectivity index (χ0v) is 13.4. The second-order valence-electron chi connectivity index (χ2n) is 5.26. The van der Waals surface area contributed by atoms with Crippen molar-refractivity contribution in [3.8, 4) is 11.3 Å². The van der Waals surface area contributed by atoms with Crippen LogP contribution in [0.25, 0.3) is 16.9 Å². The fourth-order valence-electron chi connectivity index (χ4n) is 2.48. The minimum Gasteiger partial charge on any atom is -0.283 e. The lowest BCUT2D eigenvalue weighted by Crippen LogP contribution is -1.81. The summed E-state index contributed by atoms with van der Waals surface area (Å²) in [5, 5.41) is 9.46. The van der Waals surface area contributed by atoms with Crippen molar-refractivity contribution in [3.05, 3.63) is 84.0 Å². The van der Waals surface area contributed by atoms with Crippen LogP contribution in [-0.2, 0) is 0 Å². The molecule has 0 radical (unpaired) electrons.